The zero-order valence-electron chi connectivity index (χ0n) is 14.4. The Labute approximate surface area is 147 Å². The van der Waals surface area contributed by atoms with E-state index in [1.54, 1.807) is 11.0 Å². The molecule has 0 saturated carbocycles. The maximum absolute atomic E-state index is 13.1. The Morgan fingerprint density at radius 3 is 2.48 bits per heavy atom. The van der Waals surface area contributed by atoms with Crippen LogP contribution in [-0.2, 0) is 11.2 Å². The lowest BCUT2D eigenvalue weighted by molar-refractivity contribution is -0.128. The monoisotopic (exact) mass is 342 g/mol. The summed E-state index contributed by atoms with van der Waals surface area (Å²) in [5.74, 6) is -0.806. The van der Waals surface area contributed by atoms with Crippen molar-refractivity contribution in [2.75, 3.05) is 19.6 Å². The van der Waals surface area contributed by atoms with Crippen LogP contribution >= 0.6 is 0 Å². The number of halogens is 1. The van der Waals surface area contributed by atoms with Gasteiger partial charge in [-0.05, 0) is 36.6 Å². The SMILES string of the molecule is CC(=O)N(CCCc1ccccc1)CCNC(=O)c1cccc(F)c1. The topological polar surface area (TPSA) is 49.4 Å². The normalized spacial score (nSPS) is 10.3. The molecule has 0 heterocycles. The highest BCUT2D eigenvalue weighted by Crippen LogP contribution is 2.05. The Balaban J connectivity index is 1.75. The highest BCUT2D eigenvalue weighted by atomic mass is 19.1. The van der Waals surface area contributed by atoms with E-state index < -0.39 is 5.82 Å². The fourth-order valence-electron chi connectivity index (χ4n) is 2.58. The lowest BCUT2D eigenvalue weighted by Gasteiger charge is -2.21. The molecular formula is C20H23FN2O2. The van der Waals surface area contributed by atoms with Crippen LogP contribution in [-0.4, -0.2) is 36.3 Å². The Morgan fingerprint density at radius 2 is 1.80 bits per heavy atom. The highest BCUT2D eigenvalue weighted by molar-refractivity contribution is 5.94. The summed E-state index contributed by atoms with van der Waals surface area (Å²) in [4.78, 5) is 25.4. The van der Waals surface area contributed by atoms with Crippen LogP contribution in [0.3, 0.4) is 0 Å². The fourth-order valence-corrected chi connectivity index (χ4v) is 2.58. The van der Waals surface area contributed by atoms with E-state index in [2.05, 4.69) is 17.4 Å². The summed E-state index contributed by atoms with van der Waals surface area (Å²) in [5.41, 5.74) is 1.52. The second-order valence-electron chi connectivity index (χ2n) is 5.86. The van der Waals surface area contributed by atoms with Gasteiger partial charge in [0.05, 0.1) is 0 Å². The molecule has 132 valence electrons. The van der Waals surface area contributed by atoms with E-state index in [-0.39, 0.29) is 17.4 Å². The number of amides is 2. The van der Waals surface area contributed by atoms with Crippen LogP contribution in [0.15, 0.2) is 54.6 Å². The standard InChI is InChI=1S/C20H23FN2O2/c1-16(24)23(13-6-9-17-7-3-2-4-8-17)14-12-22-20(25)18-10-5-11-19(21)15-18/h2-5,7-8,10-11,15H,6,9,12-14H2,1H3,(H,22,25). The molecule has 25 heavy (non-hydrogen) atoms. The Bertz CT molecular complexity index is 704. The summed E-state index contributed by atoms with van der Waals surface area (Å²) < 4.78 is 13.1. The molecule has 0 atom stereocenters. The van der Waals surface area contributed by atoms with Crippen molar-refractivity contribution >= 4 is 11.8 Å². The van der Waals surface area contributed by atoms with E-state index >= 15 is 0 Å². The average molecular weight is 342 g/mol. The van der Waals surface area contributed by atoms with E-state index in [1.165, 1.54) is 30.7 Å². The molecule has 0 saturated heterocycles. The Kier molecular flexibility index (Phi) is 7.14. The van der Waals surface area contributed by atoms with Crippen molar-refractivity contribution in [3.05, 3.63) is 71.5 Å². The molecule has 0 unspecified atom stereocenters. The van der Waals surface area contributed by atoms with Gasteiger partial charge >= 0.3 is 0 Å². The Hall–Kier alpha value is -2.69. The number of rotatable bonds is 8. The van der Waals surface area contributed by atoms with Crippen molar-refractivity contribution in [3.63, 3.8) is 0 Å². The van der Waals surface area contributed by atoms with Gasteiger partial charge in [-0.15, -0.1) is 0 Å². The van der Waals surface area contributed by atoms with Crippen LogP contribution in [0.2, 0.25) is 0 Å². The molecule has 0 radical (unpaired) electrons. The summed E-state index contributed by atoms with van der Waals surface area (Å²) in [6, 6.07) is 15.6. The van der Waals surface area contributed by atoms with Crippen LogP contribution < -0.4 is 5.32 Å². The minimum atomic E-state index is -0.445. The van der Waals surface area contributed by atoms with E-state index in [1.807, 2.05) is 18.2 Å². The Morgan fingerprint density at radius 1 is 1.04 bits per heavy atom. The first-order chi connectivity index (χ1) is 12.1. The van der Waals surface area contributed by atoms with Crippen molar-refractivity contribution in [3.8, 4) is 0 Å². The van der Waals surface area contributed by atoms with E-state index in [9.17, 15) is 14.0 Å². The van der Waals surface area contributed by atoms with Gasteiger partial charge in [0.15, 0.2) is 0 Å². The predicted molar refractivity (Wildman–Crippen MR) is 95.8 cm³/mol. The molecule has 2 rings (SSSR count). The smallest absolute Gasteiger partial charge is 0.251 e. The van der Waals surface area contributed by atoms with Crippen molar-refractivity contribution in [1.82, 2.24) is 10.2 Å². The highest BCUT2D eigenvalue weighted by Gasteiger charge is 2.10. The molecule has 0 aliphatic rings. The molecule has 2 amide bonds. The number of nitrogens with one attached hydrogen (secondary N) is 1. The first-order valence-electron chi connectivity index (χ1n) is 8.39. The molecule has 1 N–H and O–H groups in total. The average Bonchev–Trinajstić information content (AvgIpc) is 2.61. The number of carbonyl (C=O) groups excluding carboxylic acids is 2. The van der Waals surface area contributed by atoms with Gasteiger partial charge in [-0.2, -0.15) is 0 Å². The molecular weight excluding hydrogens is 319 g/mol. The number of carbonyl (C=O) groups is 2. The molecule has 5 heteroatoms. The third-order valence-electron chi connectivity index (χ3n) is 3.94. The van der Waals surface area contributed by atoms with Crippen LogP contribution in [0.1, 0.15) is 29.3 Å². The summed E-state index contributed by atoms with van der Waals surface area (Å²) in [6.07, 6.45) is 1.77. The largest absolute Gasteiger partial charge is 0.350 e. The third kappa shape index (κ3) is 6.37. The summed E-state index contributed by atoms with van der Waals surface area (Å²) >= 11 is 0. The maximum Gasteiger partial charge on any atom is 0.251 e. The molecule has 0 spiro atoms. The quantitative estimate of drug-likeness (QED) is 0.802. The van der Waals surface area contributed by atoms with E-state index in [0.717, 1.165) is 12.8 Å². The predicted octanol–water partition coefficient (Wildman–Crippen LogP) is 3.04. The number of benzene rings is 2. The minimum absolute atomic E-state index is 0.0203. The number of nitrogens with zero attached hydrogens (tertiary/aromatic N) is 1. The van der Waals surface area contributed by atoms with Crippen molar-refractivity contribution in [1.29, 1.82) is 0 Å². The zero-order valence-corrected chi connectivity index (χ0v) is 14.4. The lowest BCUT2D eigenvalue weighted by Crippen LogP contribution is -2.38. The molecule has 4 nitrogen and oxygen atoms in total. The van der Waals surface area contributed by atoms with Gasteiger partial charge in [0.2, 0.25) is 5.91 Å². The number of hydrogen-bond donors (Lipinski definition) is 1. The third-order valence-corrected chi connectivity index (χ3v) is 3.94. The summed E-state index contributed by atoms with van der Waals surface area (Å²) in [5, 5.41) is 2.72. The second-order valence-corrected chi connectivity index (χ2v) is 5.86. The minimum Gasteiger partial charge on any atom is -0.350 e. The molecule has 0 aromatic heterocycles. The maximum atomic E-state index is 13.1. The fraction of sp³-hybridized carbons (Fsp3) is 0.300. The van der Waals surface area contributed by atoms with Gasteiger partial charge in [-0.1, -0.05) is 36.4 Å². The van der Waals surface area contributed by atoms with Gasteiger partial charge in [-0.25, -0.2) is 4.39 Å². The second kappa shape index (κ2) is 9.57. The van der Waals surface area contributed by atoms with Crippen molar-refractivity contribution in [2.45, 2.75) is 19.8 Å². The van der Waals surface area contributed by atoms with Gasteiger partial charge in [0.1, 0.15) is 5.82 Å². The lowest BCUT2D eigenvalue weighted by atomic mass is 10.1. The van der Waals surface area contributed by atoms with Crippen molar-refractivity contribution in [2.24, 2.45) is 0 Å². The van der Waals surface area contributed by atoms with Crippen LogP contribution in [0.5, 0.6) is 0 Å². The molecule has 2 aromatic rings. The summed E-state index contributed by atoms with van der Waals surface area (Å²) in [6.45, 7) is 2.93. The number of aryl methyl sites for hydroxylation is 1. The van der Waals surface area contributed by atoms with Crippen molar-refractivity contribution < 1.29 is 14.0 Å². The van der Waals surface area contributed by atoms with Gasteiger partial charge < -0.3 is 10.2 Å². The van der Waals surface area contributed by atoms with Crippen LogP contribution in [0, 0.1) is 5.82 Å². The van der Waals surface area contributed by atoms with Gasteiger partial charge in [-0.3, -0.25) is 9.59 Å². The van der Waals surface area contributed by atoms with E-state index in [0.29, 0.717) is 19.6 Å². The molecule has 0 aliphatic carbocycles. The first kappa shape index (κ1) is 18.6. The van der Waals surface area contributed by atoms with Gasteiger partial charge in [0.25, 0.3) is 5.91 Å². The first-order valence-corrected chi connectivity index (χ1v) is 8.39. The zero-order chi connectivity index (χ0) is 18.1. The van der Waals surface area contributed by atoms with Crippen LogP contribution in [0.4, 0.5) is 4.39 Å². The molecule has 0 aliphatic heterocycles. The molecule has 0 bridgehead atoms. The number of hydrogen-bond acceptors (Lipinski definition) is 2. The van der Waals surface area contributed by atoms with E-state index in [4.69, 9.17) is 0 Å². The molecule has 0 fully saturated rings. The summed E-state index contributed by atoms with van der Waals surface area (Å²) in [7, 11) is 0. The van der Waals surface area contributed by atoms with Gasteiger partial charge in [0, 0.05) is 32.1 Å². The molecule has 2 aromatic carbocycles. The van der Waals surface area contributed by atoms with Crippen LogP contribution in [0.25, 0.3) is 0 Å².